The van der Waals surface area contributed by atoms with Gasteiger partial charge in [-0.05, 0) is 0 Å². The number of hydrogen-bond donors (Lipinski definition) is 1. The highest BCUT2D eigenvalue weighted by Crippen LogP contribution is 2.06. The quantitative estimate of drug-likeness (QED) is 0.644. The Morgan fingerprint density at radius 2 is 2.56 bits per heavy atom. The number of halogens is 1. The number of carboxylic acids is 1. The van der Waals surface area contributed by atoms with Crippen molar-refractivity contribution in [1.82, 2.24) is 4.98 Å². The van der Waals surface area contributed by atoms with Crippen molar-refractivity contribution >= 4 is 17.3 Å². The van der Waals surface area contributed by atoms with Crippen LogP contribution >= 0.6 is 11.3 Å². The van der Waals surface area contributed by atoms with Gasteiger partial charge >= 0.3 is 5.97 Å². The molecule has 0 atom stereocenters. The van der Waals surface area contributed by atoms with Gasteiger partial charge in [0.1, 0.15) is 0 Å². The second kappa shape index (κ2) is 2.10. The van der Waals surface area contributed by atoms with Crippen LogP contribution in [0.2, 0.25) is 0 Å². The first-order valence-corrected chi connectivity index (χ1v) is 2.92. The lowest BCUT2D eigenvalue weighted by molar-refractivity contribution is 0.0695. The van der Waals surface area contributed by atoms with Gasteiger partial charge in [0.05, 0.1) is 0 Å². The lowest BCUT2D eigenvalue weighted by atomic mass is 10.7. The molecular formula is C4H2FNO2S. The van der Waals surface area contributed by atoms with E-state index in [2.05, 4.69) is 4.98 Å². The van der Waals surface area contributed by atoms with E-state index < -0.39 is 11.9 Å². The Morgan fingerprint density at radius 1 is 1.89 bits per heavy atom. The smallest absolute Gasteiger partial charge is 0.365 e. The third kappa shape index (κ3) is 1.23. The summed E-state index contributed by atoms with van der Waals surface area (Å²) in [7, 11) is 0. The highest BCUT2D eigenvalue weighted by molar-refractivity contribution is 7.11. The first-order chi connectivity index (χ1) is 4.20. The monoisotopic (exact) mass is 147 g/mol. The first-order valence-electron chi connectivity index (χ1n) is 2.04. The van der Waals surface area contributed by atoms with E-state index in [0.29, 0.717) is 0 Å². The van der Waals surface area contributed by atoms with Crippen LogP contribution in [0.3, 0.4) is 0 Å². The molecule has 0 radical (unpaired) electrons. The summed E-state index contributed by atoms with van der Waals surface area (Å²) in [6.45, 7) is 0. The number of aromatic carboxylic acids is 1. The van der Waals surface area contributed by atoms with Crippen molar-refractivity contribution in [2.24, 2.45) is 0 Å². The highest BCUT2D eigenvalue weighted by atomic mass is 32.1. The van der Waals surface area contributed by atoms with E-state index >= 15 is 0 Å². The lowest BCUT2D eigenvalue weighted by Gasteiger charge is -1.77. The molecule has 48 valence electrons. The molecule has 5 heteroatoms. The van der Waals surface area contributed by atoms with Crippen LogP contribution in [0.25, 0.3) is 0 Å². The average Bonchev–Trinajstić information content (AvgIpc) is 2.14. The van der Waals surface area contributed by atoms with E-state index in [1.54, 1.807) is 0 Å². The molecule has 0 aromatic carbocycles. The van der Waals surface area contributed by atoms with Gasteiger partial charge in [-0.3, -0.25) is 0 Å². The standard InChI is InChI=1S/C4H2FNO2S/c5-2-1-9-3(6-2)4(7)8/h1H,(H,7,8). The van der Waals surface area contributed by atoms with Gasteiger partial charge in [-0.15, -0.1) is 11.3 Å². The zero-order valence-electron chi connectivity index (χ0n) is 4.17. The summed E-state index contributed by atoms with van der Waals surface area (Å²) in [6, 6.07) is 0. The fraction of sp³-hybridized carbons (Fsp3) is 0. The molecule has 0 amide bonds. The van der Waals surface area contributed by atoms with Crippen molar-refractivity contribution in [1.29, 1.82) is 0 Å². The normalized spacial score (nSPS) is 9.44. The molecule has 0 saturated carbocycles. The van der Waals surface area contributed by atoms with Crippen molar-refractivity contribution in [3.8, 4) is 0 Å². The lowest BCUT2D eigenvalue weighted by Crippen LogP contribution is -1.93. The number of thiazole rings is 1. The first kappa shape index (κ1) is 6.15. The minimum Gasteiger partial charge on any atom is -0.476 e. The maximum Gasteiger partial charge on any atom is 0.365 e. The van der Waals surface area contributed by atoms with E-state index in [-0.39, 0.29) is 5.01 Å². The molecule has 0 spiro atoms. The molecule has 0 bridgehead atoms. The molecule has 0 aliphatic carbocycles. The fourth-order valence-corrected chi connectivity index (χ4v) is 0.855. The molecular weight excluding hydrogens is 145 g/mol. The van der Waals surface area contributed by atoms with Crippen LogP contribution in [-0.2, 0) is 0 Å². The summed E-state index contributed by atoms with van der Waals surface area (Å²) in [4.78, 5) is 13.1. The van der Waals surface area contributed by atoms with E-state index in [9.17, 15) is 9.18 Å². The number of nitrogens with zero attached hydrogens (tertiary/aromatic N) is 1. The van der Waals surface area contributed by atoms with Crippen molar-refractivity contribution in [2.45, 2.75) is 0 Å². The third-order valence-corrected chi connectivity index (χ3v) is 1.46. The molecule has 1 rings (SSSR count). The van der Waals surface area contributed by atoms with Crippen LogP contribution in [0.5, 0.6) is 0 Å². The average molecular weight is 147 g/mol. The third-order valence-electron chi connectivity index (χ3n) is 0.659. The van der Waals surface area contributed by atoms with Crippen LogP contribution in [0, 0.1) is 5.95 Å². The molecule has 0 fully saturated rings. The predicted octanol–water partition coefficient (Wildman–Crippen LogP) is 0.980. The topological polar surface area (TPSA) is 50.2 Å². The predicted molar refractivity (Wildman–Crippen MR) is 29.0 cm³/mol. The van der Waals surface area contributed by atoms with Gasteiger partial charge in [-0.2, -0.15) is 4.39 Å². The van der Waals surface area contributed by atoms with Gasteiger partial charge in [0, 0.05) is 5.38 Å². The molecule has 1 heterocycles. The summed E-state index contributed by atoms with van der Waals surface area (Å²) >= 11 is 0.772. The molecule has 1 aromatic rings. The van der Waals surface area contributed by atoms with E-state index in [1.807, 2.05) is 0 Å². The summed E-state index contributed by atoms with van der Waals surface area (Å²) in [6.07, 6.45) is 0. The molecule has 1 N–H and O–H groups in total. The maximum absolute atomic E-state index is 11.9. The van der Waals surface area contributed by atoms with Gasteiger partial charge in [0.25, 0.3) is 0 Å². The van der Waals surface area contributed by atoms with Gasteiger partial charge < -0.3 is 5.11 Å². The van der Waals surface area contributed by atoms with Crippen LogP contribution in [0.15, 0.2) is 5.38 Å². The molecule has 9 heavy (non-hydrogen) atoms. The summed E-state index contributed by atoms with van der Waals surface area (Å²) in [5, 5.41) is 9.01. The van der Waals surface area contributed by atoms with E-state index in [4.69, 9.17) is 5.11 Å². The highest BCUT2D eigenvalue weighted by Gasteiger charge is 2.06. The molecule has 1 aromatic heterocycles. The number of rotatable bonds is 1. The van der Waals surface area contributed by atoms with E-state index in [1.165, 1.54) is 0 Å². The van der Waals surface area contributed by atoms with E-state index in [0.717, 1.165) is 16.7 Å². The second-order valence-corrected chi connectivity index (χ2v) is 2.14. The number of aromatic nitrogens is 1. The molecule has 3 nitrogen and oxygen atoms in total. The van der Waals surface area contributed by atoms with Gasteiger partial charge in [-0.25, -0.2) is 9.78 Å². The van der Waals surface area contributed by atoms with Crippen molar-refractivity contribution < 1.29 is 14.3 Å². The SMILES string of the molecule is O=C(O)c1nc(F)cs1. The number of carboxylic acid groups (broad SMARTS) is 1. The zero-order valence-corrected chi connectivity index (χ0v) is 4.98. The van der Waals surface area contributed by atoms with Crippen LogP contribution < -0.4 is 0 Å². The van der Waals surface area contributed by atoms with Gasteiger partial charge in [0.2, 0.25) is 11.0 Å². The molecule has 0 saturated heterocycles. The van der Waals surface area contributed by atoms with Crippen LogP contribution in [0.1, 0.15) is 9.80 Å². The van der Waals surface area contributed by atoms with Crippen molar-refractivity contribution in [2.75, 3.05) is 0 Å². The van der Waals surface area contributed by atoms with Gasteiger partial charge in [0.15, 0.2) is 0 Å². The molecule has 0 aliphatic heterocycles. The Labute approximate surface area is 53.8 Å². The van der Waals surface area contributed by atoms with Crippen LogP contribution in [0.4, 0.5) is 4.39 Å². The Bertz CT molecular complexity index is 234. The maximum atomic E-state index is 11.9. The minimum atomic E-state index is -1.19. The summed E-state index contributed by atoms with van der Waals surface area (Å²) in [5.74, 6) is -1.93. The Hall–Kier alpha value is -0.970. The Morgan fingerprint density at radius 3 is 2.78 bits per heavy atom. The second-order valence-electron chi connectivity index (χ2n) is 1.28. The zero-order chi connectivity index (χ0) is 6.85. The van der Waals surface area contributed by atoms with Crippen molar-refractivity contribution in [3.05, 3.63) is 16.3 Å². The summed E-state index contributed by atoms with van der Waals surface area (Å²) < 4.78 is 11.9. The minimum absolute atomic E-state index is 0.215. The Balaban J connectivity index is 2.98. The fourth-order valence-electron chi connectivity index (χ4n) is 0.352. The summed E-state index contributed by atoms with van der Waals surface area (Å²) in [5.41, 5.74) is 0. The van der Waals surface area contributed by atoms with Gasteiger partial charge in [-0.1, -0.05) is 0 Å². The largest absolute Gasteiger partial charge is 0.476 e. The number of hydrogen-bond acceptors (Lipinski definition) is 3. The number of carbonyl (C=O) groups is 1. The molecule has 0 aliphatic rings. The van der Waals surface area contributed by atoms with Crippen LogP contribution in [-0.4, -0.2) is 16.1 Å². The molecule has 0 unspecified atom stereocenters. The van der Waals surface area contributed by atoms with Crippen molar-refractivity contribution in [3.63, 3.8) is 0 Å². The Kier molecular flexibility index (Phi) is 1.44.